The predicted octanol–water partition coefficient (Wildman–Crippen LogP) is 3.58. The second-order valence-electron chi connectivity index (χ2n) is 3.26. The first-order valence-electron chi connectivity index (χ1n) is 5.13. The van der Waals surface area contributed by atoms with E-state index < -0.39 is 5.82 Å². The fourth-order valence-electron chi connectivity index (χ4n) is 1.22. The zero-order chi connectivity index (χ0) is 10.2. The summed E-state index contributed by atoms with van der Waals surface area (Å²) in [4.78, 5) is 0. The maximum atomic E-state index is 13.0. The highest BCUT2D eigenvalue weighted by Gasteiger charge is 2.00. The maximum Gasteiger partial charge on any atom is 0.172 e. The number of ether oxygens (including phenoxy) is 1. The normalized spacial score (nSPS) is 10.1. The molecule has 1 nitrogen and oxygen atoms in total. The van der Waals surface area contributed by atoms with Gasteiger partial charge in [0, 0.05) is 6.07 Å². The maximum absolute atomic E-state index is 13.0. The molecule has 0 saturated heterocycles. The second kappa shape index (κ2) is 6.41. The summed E-state index contributed by atoms with van der Waals surface area (Å²) in [6, 6.07) is 7.36. The molecule has 0 aliphatic heterocycles. The lowest BCUT2D eigenvalue weighted by atomic mass is 10.2. The fourth-order valence-corrected chi connectivity index (χ4v) is 1.22. The van der Waals surface area contributed by atoms with Crippen LogP contribution in [0, 0.1) is 11.9 Å². The quantitative estimate of drug-likeness (QED) is 0.630. The molecule has 0 fully saturated rings. The van der Waals surface area contributed by atoms with Gasteiger partial charge >= 0.3 is 0 Å². The van der Waals surface area contributed by atoms with Crippen molar-refractivity contribution in [3.63, 3.8) is 0 Å². The van der Waals surface area contributed by atoms with Gasteiger partial charge in [0.15, 0.2) is 11.6 Å². The molecule has 0 N–H and O–H groups in total. The zero-order valence-corrected chi connectivity index (χ0v) is 8.55. The molecule has 0 atom stereocenters. The Bertz CT molecular complexity index is 260. The molecule has 1 radical (unpaired) electrons. The second-order valence-corrected chi connectivity index (χ2v) is 3.26. The molecular formula is C12H16FO. The lowest BCUT2D eigenvalue weighted by Gasteiger charge is -2.05. The Balaban J connectivity index is 2.21. The van der Waals surface area contributed by atoms with Gasteiger partial charge in [-0.25, -0.2) is 4.39 Å². The SMILES string of the molecule is CCCCCCOc1ccc[c]c1F. The molecule has 0 amide bonds. The molecule has 0 aliphatic carbocycles. The third kappa shape index (κ3) is 3.77. The van der Waals surface area contributed by atoms with Gasteiger partial charge in [0.25, 0.3) is 0 Å². The summed E-state index contributed by atoms with van der Waals surface area (Å²) in [5.74, 6) is -0.0908. The largest absolute Gasteiger partial charge is 0.490 e. The van der Waals surface area contributed by atoms with Gasteiger partial charge in [-0.2, -0.15) is 0 Å². The standard InChI is InChI=1S/C12H16FO/c1-2-3-4-7-10-14-12-9-6-5-8-11(12)13/h5-6,9H,2-4,7,10H2,1H3. The minimum Gasteiger partial charge on any atom is -0.490 e. The summed E-state index contributed by atoms with van der Waals surface area (Å²) in [5, 5.41) is 0. The number of unbranched alkanes of at least 4 members (excludes halogenated alkanes) is 3. The highest BCUT2D eigenvalue weighted by molar-refractivity contribution is 5.22. The number of rotatable bonds is 6. The number of hydrogen-bond donors (Lipinski definition) is 0. The van der Waals surface area contributed by atoms with Gasteiger partial charge in [0.05, 0.1) is 6.61 Å². The van der Waals surface area contributed by atoms with Crippen molar-refractivity contribution in [2.24, 2.45) is 0 Å². The van der Waals surface area contributed by atoms with Gasteiger partial charge in [-0.1, -0.05) is 38.3 Å². The topological polar surface area (TPSA) is 9.23 Å². The van der Waals surface area contributed by atoms with E-state index in [1.165, 1.54) is 12.8 Å². The molecule has 0 heterocycles. The summed E-state index contributed by atoms with van der Waals surface area (Å²) >= 11 is 0. The van der Waals surface area contributed by atoms with Crippen molar-refractivity contribution >= 4 is 0 Å². The van der Waals surface area contributed by atoms with Gasteiger partial charge in [0.1, 0.15) is 0 Å². The Hall–Kier alpha value is -1.05. The van der Waals surface area contributed by atoms with Crippen LogP contribution in [-0.4, -0.2) is 6.61 Å². The molecule has 0 unspecified atom stereocenters. The van der Waals surface area contributed by atoms with Crippen molar-refractivity contribution in [3.05, 3.63) is 30.1 Å². The molecule has 14 heavy (non-hydrogen) atoms. The van der Waals surface area contributed by atoms with Gasteiger partial charge in [-0.3, -0.25) is 0 Å². The molecular weight excluding hydrogens is 179 g/mol. The Labute approximate surface area is 84.9 Å². The van der Waals surface area contributed by atoms with Crippen LogP contribution in [0.1, 0.15) is 32.6 Å². The van der Waals surface area contributed by atoms with Crippen molar-refractivity contribution in [2.45, 2.75) is 32.6 Å². The number of hydrogen-bond acceptors (Lipinski definition) is 1. The zero-order valence-electron chi connectivity index (χ0n) is 8.55. The van der Waals surface area contributed by atoms with Crippen molar-refractivity contribution < 1.29 is 9.13 Å². The molecule has 0 aliphatic rings. The first-order valence-corrected chi connectivity index (χ1v) is 5.13. The third-order valence-corrected chi connectivity index (χ3v) is 2.03. The molecule has 1 aromatic rings. The summed E-state index contributed by atoms with van der Waals surface area (Å²) in [5.41, 5.74) is 0. The van der Waals surface area contributed by atoms with E-state index in [4.69, 9.17) is 4.74 Å². The van der Waals surface area contributed by atoms with Crippen LogP contribution in [0.5, 0.6) is 5.75 Å². The fraction of sp³-hybridized carbons (Fsp3) is 0.500. The highest BCUT2D eigenvalue weighted by Crippen LogP contribution is 2.15. The lowest BCUT2D eigenvalue weighted by molar-refractivity contribution is 0.290. The summed E-state index contributed by atoms with van der Waals surface area (Å²) < 4.78 is 18.3. The van der Waals surface area contributed by atoms with Crippen molar-refractivity contribution in [3.8, 4) is 5.75 Å². The third-order valence-electron chi connectivity index (χ3n) is 2.03. The van der Waals surface area contributed by atoms with Crippen LogP contribution >= 0.6 is 0 Å². The van der Waals surface area contributed by atoms with Crippen LogP contribution in [0.2, 0.25) is 0 Å². The Kier molecular flexibility index (Phi) is 5.05. The minimum atomic E-state index is -0.400. The Morgan fingerprint density at radius 3 is 2.93 bits per heavy atom. The van der Waals surface area contributed by atoms with E-state index in [9.17, 15) is 4.39 Å². The van der Waals surface area contributed by atoms with E-state index in [2.05, 4.69) is 13.0 Å². The average molecular weight is 195 g/mol. The molecule has 1 aromatic carbocycles. The molecule has 0 aromatic heterocycles. The summed E-state index contributed by atoms with van der Waals surface area (Å²) in [7, 11) is 0. The molecule has 77 valence electrons. The van der Waals surface area contributed by atoms with Crippen LogP contribution in [0.25, 0.3) is 0 Å². The summed E-state index contributed by atoms with van der Waals surface area (Å²) in [6.45, 7) is 2.75. The first kappa shape index (κ1) is 11.0. The van der Waals surface area contributed by atoms with Gasteiger partial charge in [-0.15, -0.1) is 0 Å². The predicted molar refractivity (Wildman–Crippen MR) is 54.9 cm³/mol. The highest BCUT2D eigenvalue weighted by atomic mass is 19.1. The molecule has 0 spiro atoms. The van der Waals surface area contributed by atoms with E-state index in [0.29, 0.717) is 12.4 Å². The van der Waals surface area contributed by atoms with Crippen molar-refractivity contribution in [1.29, 1.82) is 0 Å². The van der Waals surface area contributed by atoms with Crippen molar-refractivity contribution in [2.75, 3.05) is 6.61 Å². The Morgan fingerprint density at radius 1 is 1.36 bits per heavy atom. The molecule has 2 heteroatoms. The Morgan fingerprint density at radius 2 is 2.21 bits per heavy atom. The van der Waals surface area contributed by atoms with Gasteiger partial charge < -0.3 is 4.74 Å². The average Bonchev–Trinajstić information content (AvgIpc) is 2.20. The van der Waals surface area contributed by atoms with Gasteiger partial charge in [-0.05, 0) is 12.5 Å². The van der Waals surface area contributed by atoms with Crippen molar-refractivity contribution in [1.82, 2.24) is 0 Å². The molecule has 0 bridgehead atoms. The van der Waals surface area contributed by atoms with Crippen LogP contribution in [0.15, 0.2) is 18.2 Å². The monoisotopic (exact) mass is 195 g/mol. The van der Waals surface area contributed by atoms with Crippen LogP contribution in [0.3, 0.4) is 0 Å². The van der Waals surface area contributed by atoms with Crippen LogP contribution in [-0.2, 0) is 0 Å². The van der Waals surface area contributed by atoms with Gasteiger partial charge in [0.2, 0.25) is 0 Å². The first-order chi connectivity index (χ1) is 6.84. The molecule has 1 rings (SSSR count). The summed E-state index contributed by atoms with van der Waals surface area (Å²) in [6.07, 6.45) is 4.55. The number of halogens is 1. The van der Waals surface area contributed by atoms with Crippen LogP contribution in [0.4, 0.5) is 4.39 Å². The van der Waals surface area contributed by atoms with E-state index in [1.54, 1.807) is 18.2 Å². The molecule has 0 saturated carbocycles. The van der Waals surface area contributed by atoms with E-state index in [0.717, 1.165) is 12.8 Å². The lowest BCUT2D eigenvalue weighted by Crippen LogP contribution is -1.98. The van der Waals surface area contributed by atoms with E-state index in [-0.39, 0.29) is 0 Å². The van der Waals surface area contributed by atoms with E-state index >= 15 is 0 Å². The smallest absolute Gasteiger partial charge is 0.172 e. The van der Waals surface area contributed by atoms with Crippen LogP contribution < -0.4 is 4.74 Å². The minimum absolute atomic E-state index is 0.309. The number of benzene rings is 1. The van der Waals surface area contributed by atoms with E-state index in [1.807, 2.05) is 0 Å².